The van der Waals surface area contributed by atoms with E-state index in [1.165, 1.54) is 38.5 Å². The van der Waals surface area contributed by atoms with Crippen molar-refractivity contribution in [1.82, 2.24) is 4.90 Å². The van der Waals surface area contributed by atoms with Gasteiger partial charge < -0.3 is 10.5 Å². The fraction of sp³-hybridized carbons (Fsp3) is 1.00. The first-order valence-electron chi connectivity index (χ1n) is 7.66. The van der Waals surface area contributed by atoms with Crippen molar-refractivity contribution in [1.29, 1.82) is 0 Å². The summed E-state index contributed by atoms with van der Waals surface area (Å²) in [6, 6.07) is 0. The maximum atomic E-state index is 6.12. The quantitative estimate of drug-likeness (QED) is 0.725. The molecule has 108 valence electrons. The maximum Gasteiger partial charge on any atom is 0.0589 e. The van der Waals surface area contributed by atoms with Crippen LogP contribution in [-0.4, -0.2) is 43.8 Å². The van der Waals surface area contributed by atoms with Gasteiger partial charge in [-0.3, -0.25) is 4.90 Å². The van der Waals surface area contributed by atoms with Gasteiger partial charge >= 0.3 is 0 Å². The van der Waals surface area contributed by atoms with E-state index >= 15 is 0 Å². The van der Waals surface area contributed by atoms with Gasteiger partial charge in [0.15, 0.2) is 0 Å². The van der Waals surface area contributed by atoms with Gasteiger partial charge in [-0.1, -0.05) is 26.7 Å². The first kappa shape index (κ1) is 15.9. The lowest BCUT2D eigenvalue weighted by Gasteiger charge is -2.47. The van der Waals surface area contributed by atoms with Gasteiger partial charge in [0.05, 0.1) is 6.61 Å². The van der Waals surface area contributed by atoms with Gasteiger partial charge in [-0.15, -0.1) is 0 Å². The van der Waals surface area contributed by atoms with Crippen molar-refractivity contribution in [3.05, 3.63) is 0 Å². The summed E-state index contributed by atoms with van der Waals surface area (Å²) in [5.41, 5.74) is 6.37. The lowest BCUT2D eigenvalue weighted by atomic mass is 9.74. The van der Waals surface area contributed by atoms with Gasteiger partial charge in [0.25, 0.3) is 0 Å². The van der Waals surface area contributed by atoms with Crippen molar-refractivity contribution in [2.45, 2.75) is 57.9 Å². The van der Waals surface area contributed by atoms with E-state index in [1.807, 2.05) is 0 Å². The van der Waals surface area contributed by atoms with Crippen molar-refractivity contribution >= 4 is 0 Å². The van der Waals surface area contributed by atoms with Crippen LogP contribution < -0.4 is 5.73 Å². The average Bonchev–Trinajstić information content (AvgIpc) is 2.42. The Kier molecular flexibility index (Phi) is 7.20. The second-order valence-electron chi connectivity index (χ2n) is 5.73. The fourth-order valence-corrected chi connectivity index (χ4v) is 3.49. The molecule has 1 aliphatic rings. The Morgan fingerprint density at radius 2 is 1.94 bits per heavy atom. The summed E-state index contributed by atoms with van der Waals surface area (Å²) in [5, 5.41) is 0. The van der Waals surface area contributed by atoms with Crippen LogP contribution in [0.4, 0.5) is 0 Å². The summed E-state index contributed by atoms with van der Waals surface area (Å²) >= 11 is 0. The maximum absolute atomic E-state index is 6.12. The molecule has 0 heterocycles. The lowest BCUT2D eigenvalue weighted by molar-refractivity contribution is 0.0253. The summed E-state index contributed by atoms with van der Waals surface area (Å²) in [7, 11) is 1.78. The molecule has 0 radical (unpaired) electrons. The highest BCUT2D eigenvalue weighted by atomic mass is 16.5. The lowest BCUT2D eigenvalue weighted by Crippen LogP contribution is -2.56. The topological polar surface area (TPSA) is 38.5 Å². The van der Waals surface area contributed by atoms with Crippen molar-refractivity contribution in [3.8, 4) is 0 Å². The fourth-order valence-electron chi connectivity index (χ4n) is 3.49. The molecule has 1 fully saturated rings. The van der Waals surface area contributed by atoms with Crippen LogP contribution >= 0.6 is 0 Å². The molecule has 0 aromatic carbocycles. The van der Waals surface area contributed by atoms with E-state index in [9.17, 15) is 0 Å². The molecule has 2 N–H and O–H groups in total. The van der Waals surface area contributed by atoms with Crippen LogP contribution in [0.1, 0.15) is 52.4 Å². The Morgan fingerprint density at radius 1 is 1.28 bits per heavy atom. The summed E-state index contributed by atoms with van der Waals surface area (Å²) < 4.78 is 5.23. The number of ether oxygens (including phenoxy) is 1. The van der Waals surface area contributed by atoms with Gasteiger partial charge in [-0.2, -0.15) is 0 Å². The zero-order chi connectivity index (χ0) is 13.4. The number of nitrogens with two attached hydrogens (primary N) is 1. The third kappa shape index (κ3) is 3.94. The first-order valence-corrected chi connectivity index (χ1v) is 7.66. The Hall–Kier alpha value is -0.120. The smallest absolute Gasteiger partial charge is 0.0589 e. The van der Waals surface area contributed by atoms with Crippen LogP contribution in [0.5, 0.6) is 0 Å². The van der Waals surface area contributed by atoms with Crippen molar-refractivity contribution < 1.29 is 4.74 Å². The monoisotopic (exact) mass is 256 g/mol. The number of likely N-dealkylation sites (N-methyl/N-ethyl adjacent to an activating group) is 1. The number of rotatable bonds is 8. The molecule has 3 heteroatoms. The normalized spacial score (nSPS) is 28.8. The SMILES string of the molecule is CCCC1CCC(CN)(N(CC)CCOC)CC1. The molecule has 3 nitrogen and oxygen atoms in total. The molecule has 18 heavy (non-hydrogen) atoms. The first-order chi connectivity index (χ1) is 8.72. The second kappa shape index (κ2) is 8.13. The molecule has 0 aliphatic heterocycles. The van der Waals surface area contributed by atoms with Gasteiger partial charge in [-0.25, -0.2) is 0 Å². The third-order valence-electron chi connectivity index (χ3n) is 4.73. The zero-order valence-corrected chi connectivity index (χ0v) is 12.6. The number of nitrogens with zero attached hydrogens (tertiary/aromatic N) is 1. The zero-order valence-electron chi connectivity index (χ0n) is 12.6. The number of methoxy groups -OCH3 is 1. The van der Waals surface area contributed by atoms with Crippen LogP contribution in [0.2, 0.25) is 0 Å². The molecule has 0 aromatic heterocycles. The molecule has 0 bridgehead atoms. The van der Waals surface area contributed by atoms with Crippen LogP contribution in [0.15, 0.2) is 0 Å². The van der Waals surface area contributed by atoms with Crippen molar-refractivity contribution in [3.63, 3.8) is 0 Å². The van der Waals surface area contributed by atoms with Gasteiger partial charge in [0.1, 0.15) is 0 Å². The Bertz CT molecular complexity index is 213. The highest BCUT2D eigenvalue weighted by Crippen LogP contribution is 2.37. The molecule has 1 aliphatic carbocycles. The minimum atomic E-state index is 0.248. The van der Waals surface area contributed by atoms with Crippen LogP contribution in [0, 0.1) is 5.92 Å². The van der Waals surface area contributed by atoms with E-state index in [-0.39, 0.29) is 5.54 Å². The van der Waals surface area contributed by atoms with Crippen LogP contribution in [0.3, 0.4) is 0 Å². The second-order valence-corrected chi connectivity index (χ2v) is 5.73. The van der Waals surface area contributed by atoms with E-state index < -0.39 is 0 Å². The number of hydrogen-bond acceptors (Lipinski definition) is 3. The highest BCUT2D eigenvalue weighted by molar-refractivity contribution is 4.95. The Morgan fingerprint density at radius 3 is 2.39 bits per heavy atom. The standard InChI is InChI=1S/C15H32N2O/c1-4-6-14-7-9-15(13-16,10-8-14)17(5-2)11-12-18-3/h14H,4-13,16H2,1-3H3. The highest BCUT2D eigenvalue weighted by Gasteiger charge is 2.38. The molecule has 0 unspecified atom stereocenters. The number of hydrogen-bond donors (Lipinski definition) is 1. The Balaban J connectivity index is 2.57. The van der Waals surface area contributed by atoms with Gasteiger partial charge in [-0.05, 0) is 38.1 Å². The predicted molar refractivity (Wildman–Crippen MR) is 77.8 cm³/mol. The van der Waals surface area contributed by atoms with E-state index in [4.69, 9.17) is 10.5 Å². The van der Waals surface area contributed by atoms with E-state index in [1.54, 1.807) is 7.11 Å². The Labute approximate surface area is 113 Å². The van der Waals surface area contributed by atoms with Crippen molar-refractivity contribution in [2.75, 3.05) is 33.4 Å². The summed E-state index contributed by atoms with van der Waals surface area (Å²) in [6.45, 7) is 8.24. The van der Waals surface area contributed by atoms with Gasteiger partial charge in [0, 0.05) is 25.7 Å². The van der Waals surface area contributed by atoms with Crippen LogP contribution in [-0.2, 0) is 4.74 Å². The average molecular weight is 256 g/mol. The van der Waals surface area contributed by atoms with Crippen LogP contribution in [0.25, 0.3) is 0 Å². The van der Waals surface area contributed by atoms with Crippen molar-refractivity contribution in [2.24, 2.45) is 11.7 Å². The molecular weight excluding hydrogens is 224 g/mol. The molecule has 0 spiro atoms. The predicted octanol–water partition coefficient (Wildman–Crippen LogP) is 2.64. The minimum Gasteiger partial charge on any atom is -0.383 e. The molecule has 1 rings (SSSR count). The van der Waals surface area contributed by atoms with E-state index in [2.05, 4.69) is 18.7 Å². The van der Waals surface area contributed by atoms with E-state index in [0.717, 1.165) is 32.2 Å². The summed E-state index contributed by atoms with van der Waals surface area (Å²) in [4.78, 5) is 2.55. The van der Waals surface area contributed by atoms with E-state index in [0.29, 0.717) is 0 Å². The third-order valence-corrected chi connectivity index (χ3v) is 4.73. The molecule has 0 amide bonds. The largest absolute Gasteiger partial charge is 0.383 e. The summed E-state index contributed by atoms with van der Waals surface area (Å²) in [5.74, 6) is 0.941. The molecule has 0 atom stereocenters. The summed E-state index contributed by atoms with van der Waals surface area (Å²) in [6.07, 6.45) is 7.97. The molecular formula is C15H32N2O. The molecule has 1 saturated carbocycles. The minimum absolute atomic E-state index is 0.248. The molecule has 0 saturated heterocycles. The van der Waals surface area contributed by atoms with Gasteiger partial charge in [0.2, 0.25) is 0 Å². The molecule has 0 aromatic rings.